The molecule has 1 saturated heterocycles. The zero-order valence-electron chi connectivity index (χ0n) is 21.4. The van der Waals surface area contributed by atoms with Gasteiger partial charge in [-0.25, -0.2) is 19.9 Å². The van der Waals surface area contributed by atoms with Gasteiger partial charge in [0.05, 0.1) is 29.6 Å². The van der Waals surface area contributed by atoms with Gasteiger partial charge in [-0.1, -0.05) is 24.4 Å². The van der Waals surface area contributed by atoms with Gasteiger partial charge in [0.1, 0.15) is 23.1 Å². The van der Waals surface area contributed by atoms with Crippen molar-refractivity contribution in [2.24, 2.45) is 0 Å². The van der Waals surface area contributed by atoms with Crippen molar-refractivity contribution in [3.05, 3.63) is 65.1 Å². The number of anilines is 4. The summed E-state index contributed by atoms with van der Waals surface area (Å²) in [5.74, 6) is -0.0169. The molecule has 0 saturated carbocycles. The zero-order chi connectivity index (χ0) is 28.3. The molecule has 1 fully saturated rings. The molecular formula is C27H25ClF3N7O2. The Hall–Kier alpha value is -4.19. The largest absolute Gasteiger partial charge is 0.496 e. The highest BCUT2D eigenvalue weighted by atomic mass is 35.5. The van der Waals surface area contributed by atoms with Gasteiger partial charge in [-0.3, -0.25) is 4.79 Å². The van der Waals surface area contributed by atoms with E-state index in [1.54, 1.807) is 6.20 Å². The molecule has 0 aliphatic carbocycles. The number of carbonyl (C=O) groups is 1. The van der Waals surface area contributed by atoms with Gasteiger partial charge in [-0.2, -0.15) is 13.2 Å². The van der Waals surface area contributed by atoms with E-state index < -0.39 is 17.6 Å². The van der Waals surface area contributed by atoms with Gasteiger partial charge >= 0.3 is 6.18 Å². The van der Waals surface area contributed by atoms with Crippen LogP contribution in [0.1, 0.15) is 41.6 Å². The Labute approximate surface area is 232 Å². The van der Waals surface area contributed by atoms with Crippen LogP contribution in [-0.2, 0) is 6.18 Å². The average molecular weight is 572 g/mol. The predicted octanol–water partition coefficient (Wildman–Crippen LogP) is 6.48. The summed E-state index contributed by atoms with van der Waals surface area (Å²) >= 11 is 6.42. The predicted molar refractivity (Wildman–Crippen MR) is 146 cm³/mol. The average Bonchev–Trinajstić information content (AvgIpc) is 3.23. The summed E-state index contributed by atoms with van der Waals surface area (Å²) in [7, 11) is 1.15. The lowest BCUT2D eigenvalue weighted by atomic mass is 10.1. The molecule has 0 atom stereocenters. The SMILES string of the molecule is COc1ccc(NC(=O)c2ccc(Cl)c(Nc3ncnc4cnc(N5CCCCCC5)nc34)c2)cc1C(F)(F)F. The van der Waals surface area contributed by atoms with Crippen LogP contribution in [-0.4, -0.2) is 46.0 Å². The van der Waals surface area contributed by atoms with Crippen LogP contribution in [0.2, 0.25) is 5.02 Å². The fraction of sp³-hybridized carbons (Fsp3) is 0.296. The van der Waals surface area contributed by atoms with Crippen molar-refractivity contribution >= 4 is 51.7 Å². The molecule has 0 radical (unpaired) electrons. The van der Waals surface area contributed by atoms with E-state index in [0.29, 0.717) is 33.5 Å². The quantitative estimate of drug-likeness (QED) is 0.271. The number of alkyl halides is 3. The van der Waals surface area contributed by atoms with Crippen molar-refractivity contribution in [3.63, 3.8) is 0 Å². The van der Waals surface area contributed by atoms with Crippen molar-refractivity contribution in [3.8, 4) is 5.75 Å². The Bertz CT molecular complexity index is 1540. The number of amides is 1. The maximum atomic E-state index is 13.4. The van der Waals surface area contributed by atoms with E-state index in [9.17, 15) is 18.0 Å². The van der Waals surface area contributed by atoms with Gasteiger partial charge in [0.2, 0.25) is 5.95 Å². The van der Waals surface area contributed by atoms with E-state index in [4.69, 9.17) is 21.3 Å². The maximum Gasteiger partial charge on any atom is 0.420 e. The second kappa shape index (κ2) is 11.5. The molecule has 5 rings (SSSR count). The van der Waals surface area contributed by atoms with Crippen molar-refractivity contribution in [2.45, 2.75) is 31.9 Å². The van der Waals surface area contributed by atoms with Gasteiger partial charge in [0.15, 0.2) is 5.82 Å². The van der Waals surface area contributed by atoms with Crippen molar-refractivity contribution < 1.29 is 22.7 Å². The number of benzene rings is 2. The number of carbonyl (C=O) groups excluding carboxylic acids is 1. The summed E-state index contributed by atoms with van der Waals surface area (Å²) in [6.45, 7) is 1.73. The second-order valence-corrected chi connectivity index (χ2v) is 9.62. The fourth-order valence-corrected chi connectivity index (χ4v) is 4.62. The highest BCUT2D eigenvalue weighted by Crippen LogP contribution is 2.38. The third kappa shape index (κ3) is 6.01. The third-order valence-corrected chi connectivity index (χ3v) is 6.83. The Morgan fingerprint density at radius 2 is 1.80 bits per heavy atom. The Kier molecular flexibility index (Phi) is 7.88. The second-order valence-electron chi connectivity index (χ2n) is 9.21. The summed E-state index contributed by atoms with van der Waals surface area (Å²) in [4.78, 5) is 32.9. The molecule has 0 unspecified atom stereocenters. The molecule has 13 heteroatoms. The van der Waals surface area contributed by atoms with Crippen molar-refractivity contribution in [1.29, 1.82) is 0 Å². The van der Waals surface area contributed by atoms with Crippen molar-refractivity contribution in [2.75, 3.05) is 35.7 Å². The Morgan fingerprint density at radius 3 is 2.52 bits per heavy atom. The molecule has 1 aliphatic heterocycles. The standard InChI is InChI=1S/C27H25ClF3N7O2/c1-40-22-9-7-17(13-18(22)27(29,30)31)35-25(39)16-6-8-19(28)20(12-16)36-24-23-21(33-15-34-24)14-32-26(37-23)38-10-4-2-3-5-11-38/h6-9,12-15H,2-5,10-11H2,1H3,(H,35,39)(H,33,34,36). The van der Waals surface area contributed by atoms with E-state index in [0.717, 1.165) is 45.2 Å². The number of rotatable bonds is 6. The van der Waals surface area contributed by atoms with Crippen LogP contribution in [0.3, 0.4) is 0 Å². The number of methoxy groups -OCH3 is 1. The number of fused-ring (bicyclic) bond motifs is 1. The molecule has 1 amide bonds. The first kappa shape index (κ1) is 27.4. The van der Waals surface area contributed by atoms with Gasteiger partial charge < -0.3 is 20.3 Å². The lowest BCUT2D eigenvalue weighted by Crippen LogP contribution is -2.26. The minimum atomic E-state index is -4.65. The molecule has 208 valence electrons. The number of hydrogen-bond acceptors (Lipinski definition) is 8. The molecule has 1 aliphatic rings. The lowest BCUT2D eigenvalue weighted by molar-refractivity contribution is -0.138. The fourth-order valence-electron chi connectivity index (χ4n) is 4.46. The molecule has 3 heterocycles. The van der Waals surface area contributed by atoms with E-state index >= 15 is 0 Å². The third-order valence-electron chi connectivity index (χ3n) is 6.50. The van der Waals surface area contributed by atoms with Crippen LogP contribution in [0.5, 0.6) is 5.75 Å². The molecule has 2 aromatic carbocycles. The molecule has 40 heavy (non-hydrogen) atoms. The monoisotopic (exact) mass is 571 g/mol. The van der Waals surface area contributed by atoms with Crippen LogP contribution < -0.4 is 20.3 Å². The number of hydrogen-bond donors (Lipinski definition) is 2. The lowest BCUT2D eigenvalue weighted by Gasteiger charge is -2.20. The highest BCUT2D eigenvalue weighted by molar-refractivity contribution is 6.33. The highest BCUT2D eigenvalue weighted by Gasteiger charge is 2.34. The molecule has 2 N–H and O–H groups in total. The summed E-state index contributed by atoms with van der Waals surface area (Å²) in [6, 6.07) is 7.76. The summed E-state index contributed by atoms with van der Waals surface area (Å²) < 4.78 is 45.0. The normalized spacial score (nSPS) is 14.1. The molecule has 0 bridgehead atoms. The van der Waals surface area contributed by atoms with E-state index in [1.807, 2.05) is 0 Å². The summed E-state index contributed by atoms with van der Waals surface area (Å²) in [6.07, 6.45) is 2.83. The minimum absolute atomic E-state index is 0.0397. The molecule has 2 aromatic heterocycles. The zero-order valence-corrected chi connectivity index (χ0v) is 22.2. The van der Waals surface area contributed by atoms with E-state index in [-0.39, 0.29) is 17.0 Å². The van der Waals surface area contributed by atoms with Crippen LogP contribution in [0.15, 0.2) is 48.9 Å². The first-order valence-electron chi connectivity index (χ1n) is 12.6. The first-order valence-corrected chi connectivity index (χ1v) is 13.0. The number of nitrogens with zero attached hydrogens (tertiary/aromatic N) is 5. The summed E-state index contributed by atoms with van der Waals surface area (Å²) in [5, 5.41) is 5.92. The van der Waals surface area contributed by atoms with Gasteiger partial charge in [-0.05, 0) is 49.2 Å². The van der Waals surface area contributed by atoms with Crippen LogP contribution >= 0.6 is 11.6 Å². The van der Waals surface area contributed by atoms with Gasteiger partial charge in [-0.15, -0.1) is 0 Å². The molecule has 9 nitrogen and oxygen atoms in total. The topological polar surface area (TPSA) is 105 Å². The number of nitrogens with one attached hydrogen (secondary N) is 2. The van der Waals surface area contributed by atoms with E-state index in [2.05, 4.69) is 30.5 Å². The van der Waals surface area contributed by atoms with Crippen LogP contribution in [0, 0.1) is 0 Å². The van der Waals surface area contributed by atoms with Gasteiger partial charge in [0, 0.05) is 24.3 Å². The molecular weight excluding hydrogens is 547 g/mol. The van der Waals surface area contributed by atoms with E-state index in [1.165, 1.54) is 43.4 Å². The molecule has 4 aromatic rings. The van der Waals surface area contributed by atoms with Crippen LogP contribution in [0.25, 0.3) is 11.0 Å². The number of ether oxygens (including phenoxy) is 1. The van der Waals surface area contributed by atoms with Crippen molar-refractivity contribution in [1.82, 2.24) is 19.9 Å². The molecule has 0 spiro atoms. The summed E-state index contributed by atoms with van der Waals surface area (Å²) in [5.41, 5.74) is 0.497. The number of aromatic nitrogens is 4. The maximum absolute atomic E-state index is 13.4. The minimum Gasteiger partial charge on any atom is -0.496 e. The Morgan fingerprint density at radius 1 is 1.02 bits per heavy atom. The first-order chi connectivity index (χ1) is 19.2. The van der Waals surface area contributed by atoms with Crippen LogP contribution in [0.4, 0.5) is 36.3 Å². The number of halogens is 4. The smallest absolute Gasteiger partial charge is 0.420 e. The van der Waals surface area contributed by atoms with Gasteiger partial charge in [0.25, 0.3) is 5.91 Å². The Balaban J connectivity index is 1.41.